The number of amides is 1. The lowest BCUT2D eigenvalue weighted by Gasteiger charge is -2.08. The fraction of sp³-hybridized carbons (Fsp3) is 0.400. The molecule has 1 aliphatic heterocycles. The molecule has 2 heterocycles. The maximum absolute atomic E-state index is 12.1. The Labute approximate surface area is 133 Å². The van der Waals surface area contributed by atoms with Crippen molar-refractivity contribution in [3.05, 3.63) is 35.9 Å². The highest BCUT2D eigenvalue weighted by Crippen LogP contribution is 2.32. The minimum absolute atomic E-state index is 0.0924. The van der Waals surface area contributed by atoms with Crippen LogP contribution in [0.5, 0.6) is 11.5 Å². The SMILES string of the molecule is COCCn1cnnc1CNC(=O)Cc1ccc2c(c1)OCO2. The molecule has 8 heteroatoms. The minimum Gasteiger partial charge on any atom is -0.454 e. The minimum atomic E-state index is -0.0924. The van der Waals surface area contributed by atoms with E-state index in [1.54, 1.807) is 13.4 Å². The van der Waals surface area contributed by atoms with Crippen LogP contribution in [0.15, 0.2) is 24.5 Å². The summed E-state index contributed by atoms with van der Waals surface area (Å²) in [5.74, 6) is 1.99. The maximum Gasteiger partial charge on any atom is 0.231 e. The molecule has 0 bridgehead atoms. The topological polar surface area (TPSA) is 87.5 Å². The third kappa shape index (κ3) is 3.78. The predicted molar refractivity (Wildman–Crippen MR) is 80.0 cm³/mol. The number of aromatic nitrogens is 3. The molecule has 1 aliphatic rings. The van der Waals surface area contributed by atoms with E-state index < -0.39 is 0 Å². The van der Waals surface area contributed by atoms with Crippen LogP contribution in [0.25, 0.3) is 0 Å². The first-order valence-corrected chi connectivity index (χ1v) is 7.27. The Morgan fingerprint density at radius 2 is 2.26 bits per heavy atom. The summed E-state index contributed by atoms with van der Waals surface area (Å²) in [7, 11) is 1.64. The lowest BCUT2D eigenvalue weighted by atomic mass is 10.1. The zero-order chi connectivity index (χ0) is 16.1. The summed E-state index contributed by atoms with van der Waals surface area (Å²) < 4.78 is 17.4. The molecular formula is C15H18N4O4. The fourth-order valence-electron chi connectivity index (χ4n) is 2.27. The van der Waals surface area contributed by atoms with Crippen LogP contribution in [0.3, 0.4) is 0 Å². The third-order valence-electron chi connectivity index (χ3n) is 3.48. The molecule has 1 aromatic heterocycles. The summed E-state index contributed by atoms with van der Waals surface area (Å²) in [5, 5.41) is 10.7. The summed E-state index contributed by atoms with van der Waals surface area (Å²) in [6.45, 7) is 1.77. The summed E-state index contributed by atoms with van der Waals surface area (Å²) in [5.41, 5.74) is 0.868. The summed E-state index contributed by atoms with van der Waals surface area (Å²) in [6, 6.07) is 5.49. The van der Waals surface area contributed by atoms with Crippen LogP contribution < -0.4 is 14.8 Å². The maximum atomic E-state index is 12.1. The van der Waals surface area contributed by atoms with Gasteiger partial charge in [-0.15, -0.1) is 10.2 Å². The van der Waals surface area contributed by atoms with Gasteiger partial charge in [-0.25, -0.2) is 0 Å². The van der Waals surface area contributed by atoms with Crippen molar-refractivity contribution in [3.8, 4) is 11.5 Å². The van der Waals surface area contributed by atoms with Gasteiger partial charge < -0.3 is 24.1 Å². The second kappa shape index (κ2) is 7.10. The molecule has 122 valence electrons. The van der Waals surface area contributed by atoms with Crippen molar-refractivity contribution >= 4 is 5.91 Å². The Hall–Kier alpha value is -2.61. The van der Waals surface area contributed by atoms with Crippen LogP contribution in [0.2, 0.25) is 0 Å². The lowest BCUT2D eigenvalue weighted by molar-refractivity contribution is -0.120. The number of carbonyl (C=O) groups is 1. The first-order chi connectivity index (χ1) is 11.3. The van der Waals surface area contributed by atoms with Crippen LogP contribution in [-0.4, -0.2) is 41.2 Å². The van der Waals surface area contributed by atoms with E-state index >= 15 is 0 Å². The smallest absolute Gasteiger partial charge is 0.231 e. The number of rotatable bonds is 7. The first kappa shape index (κ1) is 15.3. The number of fused-ring (bicyclic) bond motifs is 1. The van der Waals surface area contributed by atoms with E-state index in [0.29, 0.717) is 37.0 Å². The highest BCUT2D eigenvalue weighted by atomic mass is 16.7. The standard InChI is InChI=1S/C15H18N4O4/c1-21-5-4-19-9-17-18-14(19)8-16-15(20)7-11-2-3-12-13(6-11)23-10-22-12/h2-3,6,9H,4-5,7-8,10H2,1H3,(H,16,20). The molecule has 3 rings (SSSR count). The summed E-state index contributed by atoms with van der Waals surface area (Å²) in [4.78, 5) is 12.1. The molecule has 0 radical (unpaired) electrons. The van der Waals surface area contributed by atoms with Gasteiger partial charge >= 0.3 is 0 Å². The highest BCUT2D eigenvalue weighted by molar-refractivity contribution is 5.78. The van der Waals surface area contributed by atoms with E-state index in [4.69, 9.17) is 14.2 Å². The summed E-state index contributed by atoms with van der Waals surface area (Å²) in [6.07, 6.45) is 1.89. The van der Waals surface area contributed by atoms with Crippen LogP contribution in [-0.2, 0) is 29.0 Å². The van der Waals surface area contributed by atoms with E-state index in [2.05, 4.69) is 15.5 Å². The van der Waals surface area contributed by atoms with Crippen LogP contribution in [0.1, 0.15) is 11.4 Å². The monoisotopic (exact) mass is 318 g/mol. The van der Waals surface area contributed by atoms with Gasteiger partial charge in [0.15, 0.2) is 17.3 Å². The van der Waals surface area contributed by atoms with Gasteiger partial charge in [-0.1, -0.05) is 6.07 Å². The quantitative estimate of drug-likeness (QED) is 0.800. The molecule has 0 fully saturated rings. The molecule has 0 atom stereocenters. The van der Waals surface area contributed by atoms with E-state index in [1.807, 2.05) is 22.8 Å². The Bertz CT molecular complexity index is 686. The zero-order valence-corrected chi connectivity index (χ0v) is 12.8. The molecule has 0 saturated heterocycles. The number of hydrogen-bond donors (Lipinski definition) is 1. The Kier molecular flexibility index (Phi) is 4.72. The number of methoxy groups -OCH3 is 1. The molecule has 1 N–H and O–H groups in total. The van der Waals surface area contributed by atoms with Crippen molar-refractivity contribution in [2.24, 2.45) is 0 Å². The number of nitrogens with one attached hydrogen (secondary N) is 1. The molecule has 0 saturated carbocycles. The first-order valence-electron chi connectivity index (χ1n) is 7.27. The van der Waals surface area contributed by atoms with Crippen molar-refractivity contribution in [2.45, 2.75) is 19.5 Å². The van der Waals surface area contributed by atoms with E-state index in [-0.39, 0.29) is 19.1 Å². The number of ether oxygens (including phenoxy) is 3. The average molecular weight is 318 g/mol. The van der Waals surface area contributed by atoms with Crippen molar-refractivity contribution in [2.75, 3.05) is 20.5 Å². The predicted octanol–water partition coefficient (Wildman–Crippen LogP) is 0.512. The highest BCUT2D eigenvalue weighted by Gasteiger charge is 2.14. The fourth-order valence-corrected chi connectivity index (χ4v) is 2.27. The van der Waals surface area contributed by atoms with Gasteiger partial charge in [-0.3, -0.25) is 4.79 Å². The third-order valence-corrected chi connectivity index (χ3v) is 3.48. The van der Waals surface area contributed by atoms with Crippen molar-refractivity contribution < 1.29 is 19.0 Å². The molecule has 0 unspecified atom stereocenters. The number of hydrogen-bond acceptors (Lipinski definition) is 6. The number of nitrogens with zero attached hydrogens (tertiary/aromatic N) is 3. The van der Waals surface area contributed by atoms with Crippen LogP contribution in [0, 0.1) is 0 Å². The second-order valence-corrected chi connectivity index (χ2v) is 5.07. The molecule has 1 amide bonds. The van der Waals surface area contributed by atoms with Crippen molar-refractivity contribution in [1.82, 2.24) is 20.1 Å². The summed E-state index contributed by atoms with van der Waals surface area (Å²) >= 11 is 0. The van der Waals surface area contributed by atoms with Crippen molar-refractivity contribution in [1.29, 1.82) is 0 Å². The van der Waals surface area contributed by atoms with Gasteiger partial charge in [0.2, 0.25) is 12.7 Å². The van der Waals surface area contributed by atoms with Gasteiger partial charge in [-0.2, -0.15) is 0 Å². The largest absolute Gasteiger partial charge is 0.454 e. The molecule has 2 aromatic rings. The Morgan fingerprint density at radius 3 is 3.13 bits per heavy atom. The van der Waals surface area contributed by atoms with Gasteiger partial charge in [0.05, 0.1) is 19.6 Å². The molecule has 0 aliphatic carbocycles. The van der Waals surface area contributed by atoms with Crippen LogP contribution in [0.4, 0.5) is 0 Å². The van der Waals surface area contributed by atoms with E-state index in [1.165, 1.54) is 0 Å². The number of carbonyl (C=O) groups excluding carboxylic acids is 1. The van der Waals surface area contributed by atoms with E-state index in [0.717, 1.165) is 5.56 Å². The Morgan fingerprint density at radius 1 is 1.39 bits per heavy atom. The Balaban J connectivity index is 1.53. The zero-order valence-electron chi connectivity index (χ0n) is 12.8. The average Bonchev–Trinajstić information content (AvgIpc) is 3.19. The van der Waals surface area contributed by atoms with Crippen LogP contribution >= 0.6 is 0 Å². The van der Waals surface area contributed by atoms with Gasteiger partial charge in [0.25, 0.3) is 0 Å². The second-order valence-electron chi connectivity index (χ2n) is 5.07. The van der Waals surface area contributed by atoms with Gasteiger partial charge in [0.1, 0.15) is 6.33 Å². The molecule has 23 heavy (non-hydrogen) atoms. The van der Waals surface area contributed by atoms with E-state index in [9.17, 15) is 4.79 Å². The molecular weight excluding hydrogens is 300 g/mol. The molecule has 1 aromatic carbocycles. The number of benzene rings is 1. The van der Waals surface area contributed by atoms with Gasteiger partial charge in [0, 0.05) is 13.7 Å². The van der Waals surface area contributed by atoms with Gasteiger partial charge in [-0.05, 0) is 17.7 Å². The van der Waals surface area contributed by atoms with Crippen molar-refractivity contribution in [3.63, 3.8) is 0 Å². The normalized spacial score (nSPS) is 12.4. The molecule has 8 nitrogen and oxygen atoms in total. The molecule has 0 spiro atoms. The lowest BCUT2D eigenvalue weighted by Crippen LogP contribution is -2.26.